The van der Waals surface area contributed by atoms with E-state index >= 15 is 0 Å². The number of hydrogen-bond donors (Lipinski definition) is 0. The van der Waals surface area contributed by atoms with Crippen LogP contribution in [0.15, 0.2) is 11.0 Å². The minimum atomic E-state index is -0.272. The second-order valence-corrected chi connectivity index (χ2v) is 7.10. The van der Waals surface area contributed by atoms with Crippen molar-refractivity contribution < 1.29 is 4.79 Å². The molecule has 2 heterocycles. The van der Waals surface area contributed by atoms with Crippen molar-refractivity contribution in [2.45, 2.75) is 47.6 Å². The molecule has 0 N–H and O–H groups in total. The van der Waals surface area contributed by atoms with Crippen LogP contribution < -0.4 is 5.56 Å². The molecule has 22 heavy (non-hydrogen) atoms. The maximum absolute atomic E-state index is 12.8. The molecule has 5 nitrogen and oxygen atoms in total. The summed E-state index contributed by atoms with van der Waals surface area (Å²) >= 11 is 1.47. The molecule has 0 bridgehead atoms. The molecule has 0 aliphatic rings. The molecule has 120 valence electrons. The van der Waals surface area contributed by atoms with Crippen LogP contribution in [0.5, 0.6) is 0 Å². The van der Waals surface area contributed by atoms with Gasteiger partial charge in [-0.2, -0.15) is 0 Å². The van der Waals surface area contributed by atoms with Crippen molar-refractivity contribution in [1.82, 2.24) is 14.3 Å². The van der Waals surface area contributed by atoms with E-state index in [4.69, 9.17) is 0 Å². The highest BCUT2D eigenvalue weighted by molar-refractivity contribution is 7.17. The molecule has 0 radical (unpaired) electrons. The molecule has 0 aliphatic carbocycles. The minimum Gasteiger partial charge on any atom is -0.336 e. The van der Waals surface area contributed by atoms with Gasteiger partial charge in [0.25, 0.3) is 11.5 Å². The van der Waals surface area contributed by atoms with Crippen LogP contribution in [0.3, 0.4) is 0 Å². The van der Waals surface area contributed by atoms with E-state index in [0.29, 0.717) is 17.4 Å². The van der Waals surface area contributed by atoms with Crippen molar-refractivity contribution in [2.24, 2.45) is 5.92 Å². The van der Waals surface area contributed by atoms with Crippen LogP contribution in [-0.4, -0.2) is 32.8 Å². The highest BCUT2D eigenvalue weighted by Crippen LogP contribution is 2.19. The van der Waals surface area contributed by atoms with Crippen molar-refractivity contribution >= 4 is 22.2 Å². The monoisotopic (exact) mass is 321 g/mol. The summed E-state index contributed by atoms with van der Waals surface area (Å²) < 4.78 is 1.54. The molecule has 6 heteroatoms. The van der Waals surface area contributed by atoms with Gasteiger partial charge in [-0.3, -0.25) is 14.0 Å². The normalized spacial score (nSPS) is 12.9. The zero-order valence-electron chi connectivity index (χ0n) is 14.0. The largest absolute Gasteiger partial charge is 0.336 e. The van der Waals surface area contributed by atoms with Crippen LogP contribution in [0.2, 0.25) is 0 Å². The molecular formula is C16H23N3O2S. The number of carbonyl (C=O) groups excluding carboxylic acids is 1. The van der Waals surface area contributed by atoms with Gasteiger partial charge in [0.05, 0.1) is 0 Å². The molecule has 1 atom stereocenters. The lowest BCUT2D eigenvalue weighted by Crippen LogP contribution is -2.43. The van der Waals surface area contributed by atoms with E-state index in [1.165, 1.54) is 17.5 Å². The van der Waals surface area contributed by atoms with Crippen LogP contribution in [0.25, 0.3) is 4.96 Å². The van der Waals surface area contributed by atoms with Gasteiger partial charge in [0.1, 0.15) is 5.56 Å². The third-order valence-electron chi connectivity index (χ3n) is 4.31. The van der Waals surface area contributed by atoms with Gasteiger partial charge in [-0.15, -0.1) is 11.3 Å². The average Bonchev–Trinajstić information content (AvgIpc) is 2.75. The lowest BCUT2D eigenvalue weighted by atomic mass is 10.0. The van der Waals surface area contributed by atoms with Gasteiger partial charge in [-0.25, -0.2) is 4.98 Å². The standard InChI is InChI=1S/C16H23N3O2S/c1-7-18(10(4)9(2)3)14(20)13-8-17-16-19(15(13)21)11(5)12(6)22-16/h8-10H,7H2,1-6H3/t10-/m0/s1. The summed E-state index contributed by atoms with van der Waals surface area (Å²) in [5, 5.41) is 0. The van der Waals surface area contributed by atoms with E-state index in [2.05, 4.69) is 18.8 Å². The van der Waals surface area contributed by atoms with E-state index < -0.39 is 0 Å². The van der Waals surface area contributed by atoms with Gasteiger partial charge in [0.2, 0.25) is 0 Å². The second-order valence-electron chi connectivity index (χ2n) is 5.91. The number of rotatable bonds is 4. The number of hydrogen-bond acceptors (Lipinski definition) is 4. The van der Waals surface area contributed by atoms with Crippen molar-refractivity contribution in [3.05, 3.63) is 32.7 Å². The summed E-state index contributed by atoms with van der Waals surface area (Å²) in [6, 6.07) is 0.0721. The van der Waals surface area contributed by atoms with Crippen molar-refractivity contribution in [3.8, 4) is 0 Å². The minimum absolute atomic E-state index is 0.0721. The summed E-state index contributed by atoms with van der Waals surface area (Å²) in [6.45, 7) is 12.5. The number of carbonyl (C=O) groups is 1. The topological polar surface area (TPSA) is 54.7 Å². The Balaban J connectivity index is 2.55. The quantitative estimate of drug-likeness (QED) is 0.870. The third-order valence-corrected chi connectivity index (χ3v) is 5.38. The molecule has 1 amide bonds. The predicted molar refractivity (Wildman–Crippen MR) is 89.8 cm³/mol. The average molecular weight is 321 g/mol. The number of fused-ring (bicyclic) bond motifs is 1. The Morgan fingerprint density at radius 2 is 2.00 bits per heavy atom. The predicted octanol–water partition coefficient (Wildman–Crippen LogP) is 2.88. The fourth-order valence-corrected chi connectivity index (χ4v) is 3.38. The zero-order valence-corrected chi connectivity index (χ0v) is 14.8. The van der Waals surface area contributed by atoms with E-state index in [1.807, 2.05) is 27.7 Å². The Kier molecular flexibility index (Phi) is 4.70. The van der Waals surface area contributed by atoms with E-state index in [9.17, 15) is 9.59 Å². The smallest absolute Gasteiger partial charge is 0.271 e. The number of nitrogens with zero attached hydrogens (tertiary/aromatic N) is 3. The Labute approximate surface area is 134 Å². The molecular weight excluding hydrogens is 298 g/mol. The van der Waals surface area contributed by atoms with Crippen molar-refractivity contribution in [3.63, 3.8) is 0 Å². The summed E-state index contributed by atoms with van der Waals surface area (Å²) in [7, 11) is 0. The third kappa shape index (κ3) is 2.67. The highest BCUT2D eigenvalue weighted by atomic mass is 32.1. The van der Waals surface area contributed by atoms with Gasteiger partial charge in [0.15, 0.2) is 4.96 Å². The van der Waals surface area contributed by atoms with E-state index in [-0.39, 0.29) is 23.1 Å². The first-order valence-electron chi connectivity index (χ1n) is 7.58. The highest BCUT2D eigenvalue weighted by Gasteiger charge is 2.25. The summed E-state index contributed by atoms with van der Waals surface area (Å²) in [5.41, 5.74) is 0.728. The zero-order chi connectivity index (χ0) is 16.6. The van der Waals surface area contributed by atoms with Crippen LogP contribution in [0, 0.1) is 19.8 Å². The number of thiazole rings is 1. The van der Waals surface area contributed by atoms with Gasteiger partial charge < -0.3 is 4.90 Å². The van der Waals surface area contributed by atoms with Crippen LogP contribution in [0.4, 0.5) is 0 Å². The molecule has 0 saturated carbocycles. The summed E-state index contributed by atoms with van der Waals surface area (Å²) in [6.07, 6.45) is 1.42. The summed E-state index contributed by atoms with van der Waals surface area (Å²) in [4.78, 5) is 33.2. The first-order valence-corrected chi connectivity index (χ1v) is 8.39. The number of aryl methyl sites for hydroxylation is 2. The maximum atomic E-state index is 12.8. The lowest BCUT2D eigenvalue weighted by molar-refractivity contribution is 0.0658. The number of aromatic nitrogens is 2. The van der Waals surface area contributed by atoms with Crippen LogP contribution >= 0.6 is 11.3 Å². The van der Waals surface area contributed by atoms with Gasteiger partial charge >= 0.3 is 0 Å². The Morgan fingerprint density at radius 3 is 2.55 bits per heavy atom. The molecule has 0 spiro atoms. The maximum Gasteiger partial charge on any atom is 0.271 e. The Morgan fingerprint density at radius 1 is 1.36 bits per heavy atom. The van der Waals surface area contributed by atoms with Crippen LogP contribution in [0.1, 0.15) is 48.6 Å². The molecule has 2 rings (SSSR count). The molecule has 0 saturated heterocycles. The second kappa shape index (κ2) is 6.20. The fraction of sp³-hybridized carbons (Fsp3) is 0.562. The van der Waals surface area contributed by atoms with Gasteiger partial charge in [0, 0.05) is 29.4 Å². The Hall–Kier alpha value is -1.69. The van der Waals surface area contributed by atoms with Gasteiger partial charge in [-0.1, -0.05) is 13.8 Å². The summed E-state index contributed by atoms with van der Waals surface area (Å²) in [5.74, 6) is 0.0901. The van der Waals surface area contributed by atoms with Crippen molar-refractivity contribution in [2.75, 3.05) is 6.54 Å². The Bertz CT molecular complexity index is 761. The lowest BCUT2D eigenvalue weighted by Gasteiger charge is -2.30. The van der Waals surface area contributed by atoms with Crippen LogP contribution in [-0.2, 0) is 0 Å². The fourth-order valence-electron chi connectivity index (χ4n) is 2.45. The molecule has 0 aromatic carbocycles. The van der Waals surface area contributed by atoms with Gasteiger partial charge in [-0.05, 0) is 33.6 Å². The first-order chi connectivity index (χ1) is 10.3. The molecule has 0 unspecified atom stereocenters. The first kappa shape index (κ1) is 16.7. The van der Waals surface area contributed by atoms with Crippen molar-refractivity contribution in [1.29, 1.82) is 0 Å². The number of amides is 1. The van der Waals surface area contributed by atoms with E-state index in [1.54, 1.807) is 9.30 Å². The van der Waals surface area contributed by atoms with E-state index in [0.717, 1.165) is 10.6 Å². The molecule has 0 fully saturated rings. The molecule has 2 aromatic heterocycles. The SMILES string of the molecule is CCN(C(=O)c1cnc2sc(C)c(C)n2c1=O)[C@@H](C)C(C)C. The molecule has 0 aliphatic heterocycles. The molecule has 2 aromatic rings.